The molecule has 1 aromatic rings. The minimum atomic E-state index is 0.511. The van der Waals surface area contributed by atoms with Crippen LogP contribution < -0.4 is 0 Å². The van der Waals surface area contributed by atoms with Crippen molar-refractivity contribution in [1.29, 1.82) is 5.26 Å². The Kier molecular flexibility index (Phi) is 3.81. The predicted molar refractivity (Wildman–Crippen MR) is 66.1 cm³/mol. The van der Waals surface area contributed by atoms with Gasteiger partial charge in [-0.3, -0.25) is 4.90 Å². The molecule has 1 aliphatic rings. The standard InChI is InChI=1S/C12H15N3S/c1-10-9-16-5-4-15(10)8-11-2-3-14-12(6-11)7-13/h2-3,6,10H,4-5,8-9H2,1H3. The zero-order chi connectivity index (χ0) is 11.4. The molecule has 2 heterocycles. The number of hydrogen-bond donors (Lipinski definition) is 0. The molecule has 84 valence electrons. The second kappa shape index (κ2) is 5.33. The summed E-state index contributed by atoms with van der Waals surface area (Å²) in [7, 11) is 0. The van der Waals surface area contributed by atoms with Gasteiger partial charge in [0.2, 0.25) is 0 Å². The fourth-order valence-corrected chi connectivity index (χ4v) is 2.95. The van der Waals surface area contributed by atoms with Crippen LogP contribution in [0.25, 0.3) is 0 Å². The van der Waals surface area contributed by atoms with Crippen molar-refractivity contribution < 1.29 is 0 Å². The maximum Gasteiger partial charge on any atom is 0.140 e. The highest BCUT2D eigenvalue weighted by Crippen LogP contribution is 2.18. The van der Waals surface area contributed by atoms with Crippen LogP contribution in [0.4, 0.5) is 0 Å². The molecule has 0 radical (unpaired) electrons. The zero-order valence-corrected chi connectivity index (χ0v) is 10.2. The van der Waals surface area contributed by atoms with Crippen LogP contribution >= 0.6 is 11.8 Å². The molecule has 0 amide bonds. The summed E-state index contributed by atoms with van der Waals surface area (Å²) in [5.74, 6) is 2.41. The maximum absolute atomic E-state index is 8.79. The first kappa shape index (κ1) is 11.4. The van der Waals surface area contributed by atoms with Crippen molar-refractivity contribution in [2.24, 2.45) is 0 Å². The second-order valence-electron chi connectivity index (χ2n) is 4.06. The largest absolute Gasteiger partial charge is 0.295 e. The first-order valence-corrected chi connectivity index (χ1v) is 6.62. The summed E-state index contributed by atoms with van der Waals surface area (Å²) < 4.78 is 0. The van der Waals surface area contributed by atoms with Gasteiger partial charge in [0.15, 0.2) is 0 Å². The molecule has 1 atom stereocenters. The van der Waals surface area contributed by atoms with Gasteiger partial charge in [0.25, 0.3) is 0 Å². The van der Waals surface area contributed by atoms with Gasteiger partial charge < -0.3 is 0 Å². The number of hydrogen-bond acceptors (Lipinski definition) is 4. The lowest BCUT2D eigenvalue weighted by Crippen LogP contribution is -2.39. The molecule has 1 aliphatic heterocycles. The van der Waals surface area contributed by atoms with Gasteiger partial charge in [0, 0.05) is 36.8 Å². The Balaban J connectivity index is 2.05. The van der Waals surface area contributed by atoms with E-state index in [1.165, 1.54) is 17.1 Å². The van der Waals surface area contributed by atoms with Crippen LogP contribution in [0, 0.1) is 11.3 Å². The Morgan fingerprint density at radius 3 is 3.31 bits per heavy atom. The molecular formula is C12H15N3S. The van der Waals surface area contributed by atoms with Crippen molar-refractivity contribution in [3.8, 4) is 6.07 Å². The molecule has 1 unspecified atom stereocenters. The fraction of sp³-hybridized carbons (Fsp3) is 0.500. The van der Waals surface area contributed by atoms with Crippen molar-refractivity contribution >= 4 is 11.8 Å². The van der Waals surface area contributed by atoms with Crippen molar-refractivity contribution in [1.82, 2.24) is 9.88 Å². The highest BCUT2D eigenvalue weighted by Gasteiger charge is 2.18. The van der Waals surface area contributed by atoms with Crippen LogP contribution in [-0.4, -0.2) is 34.0 Å². The van der Waals surface area contributed by atoms with E-state index in [4.69, 9.17) is 5.26 Å². The lowest BCUT2D eigenvalue weighted by molar-refractivity contribution is 0.224. The van der Waals surface area contributed by atoms with Gasteiger partial charge in [-0.1, -0.05) is 0 Å². The quantitative estimate of drug-likeness (QED) is 0.782. The van der Waals surface area contributed by atoms with Gasteiger partial charge in [0.1, 0.15) is 11.8 Å². The van der Waals surface area contributed by atoms with Gasteiger partial charge in [-0.05, 0) is 24.6 Å². The summed E-state index contributed by atoms with van der Waals surface area (Å²) in [6.07, 6.45) is 1.72. The molecule has 0 spiro atoms. The van der Waals surface area contributed by atoms with Gasteiger partial charge in [-0.25, -0.2) is 4.98 Å². The number of nitriles is 1. The van der Waals surface area contributed by atoms with E-state index in [0.717, 1.165) is 13.1 Å². The van der Waals surface area contributed by atoms with Crippen molar-refractivity contribution in [3.05, 3.63) is 29.6 Å². The SMILES string of the molecule is CC1CSCCN1Cc1ccnc(C#N)c1. The minimum absolute atomic E-state index is 0.511. The van der Waals surface area contributed by atoms with Gasteiger partial charge >= 0.3 is 0 Å². The van der Waals surface area contributed by atoms with Gasteiger partial charge in [0.05, 0.1) is 0 Å². The third-order valence-electron chi connectivity index (χ3n) is 2.83. The molecule has 16 heavy (non-hydrogen) atoms. The lowest BCUT2D eigenvalue weighted by Gasteiger charge is -2.32. The molecule has 1 fully saturated rings. The third-order valence-corrected chi connectivity index (χ3v) is 4.02. The summed E-state index contributed by atoms with van der Waals surface area (Å²) in [5, 5.41) is 8.79. The summed E-state index contributed by atoms with van der Waals surface area (Å²) >= 11 is 2.02. The van der Waals surface area contributed by atoms with E-state index in [9.17, 15) is 0 Å². The lowest BCUT2D eigenvalue weighted by atomic mass is 10.2. The number of thioether (sulfide) groups is 1. The minimum Gasteiger partial charge on any atom is -0.295 e. The molecule has 4 heteroatoms. The average Bonchev–Trinajstić information content (AvgIpc) is 2.32. The number of rotatable bonds is 2. The second-order valence-corrected chi connectivity index (χ2v) is 5.21. The fourth-order valence-electron chi connectivity index (χ4n) is 1.86. The maximum atomic E-state index is 8.79. The normalized spacial score (nSPS) is 21.6. The topological polar surface area (TPSA) is 39.9 Å². The Labute approximate surface area is 100 Å². The van der Waals surface area contributed by atoms with Crippen molar-refractivity contribution in [2.75, 3.05) is 18.1 Å². The third kappa shape index (κ3) is 2.75. The summed E-state index contributed by atoms with van der Waals surface area (Å²) in [6.45, 7) is 4.33. The Hall–Kier alpha value is -1.05. The van der Waals surface area contributed by atoms with Crippen LogP contribution in [-0.2, 0) is 6.54 Å². The molecule has 0 N–H and O–H groups in total. The van der Waals surface area contributed by atoms with Gasteiger partial charge in [-0.15, -0.1) is 0 Å². The van der Waals surface area contributed by atoms with Crippen LogP contribution in [0.15, 0.2) is 18.3 Å². The molecule has 0 aliphatic carbocycles. The average molecular weight is 233 g/mol. The summed E-state index contributed by atoms with van der Waals surface area (Å²) in [5.41, 5.74) is 1.70. The number of nitrogens with zero attached hydrogens (tertiary/aromatic N) is 3. The number of aromatic nitrogens is 1. The zero-order valence-electron chi connectivity index (χ0n) is 9.39. The van der Waals surface area contributed by atoms with E-state index in [-0.39, 0.29) is 0 Å². The summed E-state index contributed by atoms with van der Waals surface area (Å²) in [6, 6.07) is 6.58. The van der Waals surface area contributed by atoms with Crippen LogP contribution in [0.3, 0.4) is 0 Å². The van der Waals surface area contributed by atoms with E-state index >= 15 is 0 Å². The first-order valence-electron chi connectivity index (χ1n) is 5.46. The molecule has 0 bridgehead atoms. The highest BCUT2D eigenvalue weighted by molar-refractivity contribution is 7.99. The van der Waals surface area contributed by atoms with Crippen LogP contribution in [0.2, 0.25) is 0 Å². The van der Waals surface area contributed by atoms with Crippen LogP contribution in [0.5, 0.6) is 0 Å². The first-order chi connectivity index (χ1) is 7.79. The van der Waals surface area contributed by atoms with E-state index in [2.05, 4.69) is 22.9 Å². The molecule has 2 rings (SSSR count). The molecule has 3 nitrogen and oxygen atoms in total. The molecule has 0 aromatic carbocycles. The highest BCUT2D eigenvalue weighted by atomic mass is 32.2. The van der Waals surface area contributed by atoms with Crippen molar-refractivity contribution in [2.45, 2.75) is 19.5 Å². The monoisotopic (exact) mass is 233 g/mol. The van der Waals surface area contributed by atoms with E-state index in [1.807, 2.05) is 23.9 Å². The van der Waals surface area contributed by atoms with E-state index in [0.29, 0.717) is 11.7 Å². The molecular weight excluding hydrogens is 218 g/mol. The van der Waals surface area contributed by atoms with Crippen LogP contribution in [0.1, 0.15) is 18.2 Å². The van der Waals surface area contributed by atoms with Crippen molar-refractivity contribution in [3.63, 3.8) is 0 Å². The van der Waals surface area contributed by atoms with E-state index in [1.54, 1.807) is 6.20 Å². The Bertz CT molecular complexity index is 399. The smallest absolute Gasteiger partial charge is 0.140 e. The number of pyridine rings is 1. The predicted octanol–water partition coefficient (Wildman–Crippen LogP) is 1.89. The molecule has 1 saturated heterocycles. The molecule has 0 saturated carbocycles. The Morgan fingerprint density at radius 2 is 2.56 bits per heavy atom. The van der Waals surface area contributed by atoms with Gasteiger partial charge in [-0.2, -0.15) is 17.0 Å². The summed E-state index contributed by atoms with van der Waals surface area (Å²) in [4.78, 5) is 6.45. The Morgan fingerprint density at radius 1 is 1.69 bits per heavy atom. The molecule has 1 aromatic heterocycles. The van der Waals surface area contributed by atoms with E-state index < -0.39 is 0 Å².